The third-order valence-corrected chi connectivity index (χ3v) is 6.51. The molecule has 0 saturated carbocycles. The Morgan fingerprint density at radius 2 is 1.55 bits per heavy atom. The first-order valence-corrected chi connectivity index (χ1v) is 11.1. The van der Waals surface area contributed by atoms with Crippen LogP contribution in [0.25, 0.3) is 11.5 Å². The topological polar surface area (TPSA) is 72.2 Å². The van der Waals surface area contributed by atoms with Crippen molar-refractivity contribution < 1.29 is 12.8 Å². The Hall–Kier alpha value is -2.90. The van der Waals surface area contributed by atoms with Gasteiger partial charge in [-0.15, -0.1) is 0 Å². The average Bonchev–Trinajstić information content (AvgIpc) is 3.15. The molecule has 1 heterocycles. The lowest BCUT2D eigenvalue weighted by molar-refractivity contribution is 0.582. The largest absolute Gasteiger partial charge is 0.419 e. The highest BCUT2D eigenvalue weighted by atomic mass is 79.9. The Morgan fingerprint density at radius 3 is 2.21 bits per heavy atom. The van der Waals surface area contributed by atoms with Crippen LogP contribution in [0, 0.1) is 6.92 Å². The van der Waals surface area contributed by atoms with E-state index in [1.165, 1.54) is 0 Å². The van der Waals surface area contributed by atoms with E-state index in [-0.39, 0.29) is 21.7 Å². The molecule has 0 fully saturated rings. The molecular weight excluding hydrogens is 452 g/mol. The van der Waals surface area contributed by atoms with Crippen molar-refractivity contribution in [3.8, 4) is 11.5 Å². The number of oxazole rings is 1. The van der Waals surface area contributed by atoms with Gasteiger partial charge in [-0.2, -0.15) is 4.98 Å². The SMILES string of the molecule is Cc1ccc(Nc2oc(-c3ccc(Br)cc3)nc2S(=O)(=O)c2ccccc2)cc1. The van der Waals surface area contributed by atoms with E-state index in [0.29, 0.717) is 11.3 Å². The first-order chi connectivity index (χ1) is 13.9. The van der Waals surface area contributed by atoms with Gasteiger partial charge in [0, 0.05) is 15.7 Å². The lowest BCUT2D eigenvalue weighted by atomic mass is 10.2. The minimum absolute atomic E-state index is 0.0793. The van der Waals surface area contributed by atoms with Crippen LogP contribution in [0.5, 0.6) is 0 Å². The van der Waals surface area contributed by atoms with Gasteiger partial charge < -0.3 is 9.73 Å². The first-order valence-electron chi connectivity index (χ1n) is 8.84. The zero-order valence-corrected chi connectivity index (χ0v) is 17.9. The fourth-order valence-electron chi connectivity index (χ4n) is 2.76. The van der Waals surface area contributed by atoms with Crippen molar-refractivity contribution in [1.29, 1.82) is 0 Å². The molecule has 146 valence electrons. The summed E-state index contributed by atoms with van der Waals surface area (Å²) in [6, 6.07) is 23.1. The highest BCUT2D eigenvalue weighted by Crippen LogP contribution is 2.34. The van der Waals surface area contributed by atoms with Gasteiger partial charge in [0.25, 0.3) is 0 Å². The average molecular weight is 469 g/mol. The lowest BCUT2D eigenvalue weighted by Gasteiger charge is -2.06. The van der Waals surface area contributed by atoms with Gasteiger partial charge in [0.2, 0.25) is 26.6 Å². The summed E-state index contributed by atoms with van der Waals surface area (Å²) < 4.78 is 33.2. The molecule has 0 aliphatic rings. The summed E-state index contributed by atoms with van der Waals surface area (Å²) in [6.45, 7) is 1.98. The van der Waals surface area contributed by atoms with Crippen LogP contribution >= 0.6 is 15.9 Å². The van der Waals surface area contributed by atoms with Gasteiger partial charge in [-0.3, -0.25) is 0 Å². The fourth-order valence-corrected chi connectivity index (χ4v) is 4.31. The summed E-state index contributed by atoms with van der Waals surface area (Å²) >= 11 is 3.39. The predicted molar refractivity (Wildman–Crippen MR) is 116 cm³/mol. The van der Waals surface area contributed by atoms with Crippen molar-refractivity contribution in [2.45, 2.75) is 16.8 Å². The predicted octanol–water partition coefficient (Wildman–Crippen LogP) is 5.99. The molecule has 0 radical (unpaired) electrons. The molecule has 1 aromatic heterocycles. The molecule has 0 saturated heterocycles. The molecule has 1 N–H and O–H groups in total. The molecule has 7 heteroatoms. The van der Waals surface area contributed by atoms with E-state index < -0.39 is 9.84 Å². The lowest BCUT2D eigenvalue weighted by Crippen LogP contribution is -2.05. The van der Waals surface area contributed by atoms with Crippen molar-refractivity contribution in [2.75, 3.05) is 5.32 Å². The fraction of sp³-hybridized carbons (Fsp3) is 0.0455. The maximum Gasteiger partial charge on any atom is 0.238 e. The van der Waals surface area contributed by atoms with Crippen molar-refractivity contribution in [3.05, 3.63) is 88.9 Å². The zero-order valence-electron chi connectivity index (χ0n) is 15.5. The third kappa shape index (κ3) is 4.11. The van der Waals surface area contributed by atoms with Crippen LogP contribution in [0.15, 0.2) is 97.7 Å². The maximum atomic E-state index is 13.2. The summed E-state index contributed by atoms with van der Waals surface area (Å²) in [6.07, 6.45) is 0. The van der Waals surface area contributed by atoms with Gasteiger partial charge >= 0.3 is 0 Å². The highest BCUT2D eigenvalue weighted by molar-refractivity contribution is 9.10. The molecule has 0 aliphatic carbocycles. The number of halogens is 1. The van der Waals surface area contributed by atoms with Gasteiger partial charge in [0.05, 0.1) is 4.90 Å². The molecule has 0 spiro atoms. The smallest absolute Gasteiger partial charge is 0.238 e. The number of hydrogen-bond acceptors (Lipinski definition) is 5. The number of sulfone groups is 1. The molecule has 0 unspecified atom stereocenters. The number of rotatable bonds is 5. The van der Waals surface area contributed by atoms with Gasteiger partial charge in [-0.25, -0.2) is 8.42 Å². The molecule has 29 heavy (non-hydrogen) atoms. The van der Waals surface area contributed by atoms with Crippen molar-refractivity contribution in [3.63, 3.8) is 0 Å². The zero-order chi connectivity index (χ0) is 20.4. The van der Waals surface area contributed by atoms with Crippen LogP contribution in [0.4, 0.5) is 11.6 Å². The molecule has 0 amide bonds. The van der Waals surface area contributed by atoms with Crippen molar-refractivity contribution in [2.24, 2.45) is 0 Å². The minimum Gasteiger partial charge on any atom is -0.419 e. The first kappa shape index (κ1) is 19.4. The highest BCUT2D eigenvalue weighted by Gasteiger charge is 2.28. The summed E-state index contributed by atoms with van der Waals surface area (Å²) in [5, 5.41) is 2.91. The molecular formula is C22H17BrN2O3S. The molecule has 5 nitrogen and oxygen atoms in total. The van der Waals surface area contributed by atoms with Crippen LogP contribution in [-0.2, 0) is 9.84 Å². The van der Waals surface area contributed by atoms with Crippen LogP contribution < -0.4 is 5.32 Å². The number of aryl methyl sites for hydroxylation is 1. The van der Waals surface area contributed by atoms with Crippen LogP contribution in [0.1, 0.15) is 5.56 Å². The number of nitrogens with zero attached hydrogens (tertiary/aromatic N) is 1. The van der Waals surface area contributed by atoms with E-state index >= 15 is 0 Å². The Kier molecular flexibility index (Phi) is 5.25. The Morgan fingerprint density at radius 1 is 0.897 bits per heavy atom. The second-order valence-corrected chi connectivity index (χ2v) is 9.25. The molecule has 4 rings (SSSR count). The third-order valence-electron chi connectivity index (χ3n) is 4.30. The maximum absolute atomic E-state index is 13.2. The molecule has 4 aromatic rings. The second-order valence-electron chi connectivity index (χ2n) is 6.47. The summed E-state index contributed by atoms with van der Waals surface area (Å²) in [7, 11) is -3.87. The quantitative estimate of drug-likeness (QED) is 0.389. The Bertz CT molecular complexity index is 1230. The van der Waals surface area contributed by atoms with E-state index in [9.17, 15) is 8.42 Å². The minimum atomic E-state index is -3.87. The van der Waals surface area contributed by atoms with Crippen LogP contribution in [-0.4, -0.2) is 13.4 Å². The van der Waals surface area contributed by atoms with E-state index in [2.05, 4.69) is 26.2 Å². The second kappa shape index (κ2) is 7.85. The molecule has 0 atom stereocenters. The monoisotopic (exact) mass is 468 g/mol. The summed E-state index contributed by atoms with van der Waals surface area (Å²) in [5.41, 5.74) is 2.48. The van der Waals surface area contributed by atoms with E-state index in [1.807, 2.05) is 55.5 Å². The number of hydrogen-bond donors (Lipinski definition) is 1. The van der Waals surface area contributed by atoms with Crippen LogP contribution in [0.3, 0.4) is 0 Å². The van der Waals surface area contributed by atoms with Crippen molar-refractivity contribution >= 4 is 37.3 Å². The normalized spacial score (nSPS) is 11.4. The molecule has 3 aromatic carbocycles. The summed E-state index contributed by atoms with van der Waals surface area (Å²) in [5.74, 6) is 0.303. The standard InChI is InChI=1S/C22H17BrN2O3S/c1-15-7-13-18(14-8-15)24-21-22(29(26,27)19-5-3-2-4-6-19)25-20(28-21)16-9-11-17(23)12-10-16/h2-14,24H,1H3. The number of benzene rings is 3. The molecule has 0 bridgehead atoms. The van der Waals surface area contributed by atoms with E-state index in [1.54, 1.807) is 30.3 Å². The van der Waals surface area contributed by atoms with Gasteiger partial charge in [-0.05, 0) is 55.5 Å². The number of nitrogens with one attached hydrogen (secondary N) is 1. The number of aromatic nitrogens is 1. The number of anilines is 2. The van der Waals surface area contributed by atoms with Gasteiger partial charge in [-0.1, -0.05) is 51.8 Å². The molecule has 0 aliphatic heterocycles. The van der Waals surface area contributed by atoms with Gasteiger partial charge in [0.1, 0.15) is 0 Å². The van der Waals surface area contributed by atoms with Crippen molar-refractivity contribution in [1.82, 2.24) is 4.98 Å². The van der Waals surface area contributed by atoms with E-state index in [4.69, 9.17) is 4.42 Å². The van der Waals surface area contributed by atoms with Gasteiger partial charge in [0.15, 0.2) is 0 Å². The Labute approximate surface area is 177 Å². The Balaban J connectivity index is 1.83. The summed E-state index contributed by atoms with van der Waals surface area (Å²) in [4.78, 5) is 4.49. The van der Waals surface area contributed by atoms with Crippen LogP contribution in [0.2, 0.25) is 0 Å². The van der Waals surface area contributed by atoms with E-state index in [0.717, 1.165) is 10.0 Å².